The molecule has 0 radical (unpaired) electrons. The van der Waals surface area contributed by atoms with Crippen molar-refractivity contribution >= 4 is 5.97 Å². The largest absolute Gasteiger partial charge is 0.516 e. The number of aromatic carboxylic acids is 1. The smallest absolute Gasteiger partial charge is 0.336 e. The Labute approximate surface area is 85.5 Å². The van der Waals surface area contributed by atoms with Gasteiger partial charge in [-0.15, -0.1) is 0 Å². The van der Waals surface area contributed by atoms with Crippen molar-refractivity contribution in [1.29, 1.82) is 0 Å². The van der Waals surface area contributed by atoms with Crippen LogP contribution in [0.5, 0.6) is 11.5 Å². The van der Waals surface area contributed by atoms with Gasteiger partial charge in [0.15, 0.2) is 11.5 Å². The predicted octanol–water partition coefficient (Wildman–Crippen LogP) is 1.41. The van der Waals surface area contributed by atoms with E-state index in [1.54, 1.807) is 0 Å². The molecule has 5 nitrogen and oxygen atoms in total. The van der Waals surface area contributed by atoms with E-state index in [1.165, 1.54) is 6.08 Å². The molecule has 0 amide bonds. The van der Waals surface area contributed by atoms with Gasteiger partial charge in [-0.1, -0.05) is 0 Å². The van der Waals surface area contributed by atoms with Crippen LogP contribution in [0.3, 0.4) is 0 Å². The Morgan fingerprint density at radius 3 is 2.40 bits per heavy atom. The van der Waals surface area contributed by atoms with Gasteiger partial charge in [-0.05, 0) is 30.2 Å². The molecule has 0 aliphatic heterocycles. The number of hydrogen-bond acceptors (Lipinski definition) is 4. The molecule has 1 aromatic rings. The van der Waals surface area contributed by atoms with Crippen molar-refractivity contribution in [2.75, 3.05) is 0 Å². The number of phenolic OH excluding ortho intramolecular Hbond substituents is 2. The third-order valence-corrected chi connectivity index (χ3v) is 1.87. The van der Waals surface area contributed by atoms with Crippen LogP contribution >= 0.6 is 0 Å². The second kappa shape index (κ2) is 4.36. The van der Waals surface area contributed by atoms with E-state index in [1.807, 2.05) is 0 Å². The SMILES string of the molecule is O=C(O)c1cc(O)c(O)cc1CC=CO. The molecule has 0 unspecified atom stereocenters. The maximum atomic E-state index is 10.8. The number of aromatic hydroxyl groups is 2. The van der Waals surface area contributed by atoms with Gasteiger partial charge in [0.1, 0.15) is 0 Å². The zero-order chi connectivity index (χ0) is 11.4. The summed E-state index contributed by atoms with van der Waals surface area (Å²) >= 11 is 0. The van der Waals surface area contributed by atoms with Crippen LogP contribution < -0.4 is 0 Å². The van der Waals surface area contributed by atoms with Gasteiger partial charge in [0.25, 0.3) is 0 Å². The van der Waals surface area contributed by atoms with E-state index in [4.69, 9.17) is 15.3 Å². The summed E-state index contributed by atoms with van der Waals surface area (Å²) in [5, 5.41) is 35.5. The normalized spacial score (nSPS) is 10.7. The molecule has 0 saturated carbocycles. The highest BCUT2D eigenvalue weighted by Crippen LogP contribution is 2.28. The minimum absolute atomic E-state index is 0.108. The van der Waals surface area contributed by atoms with E-state index < -0.39 is 11.7 Å². The van der Waals surface area contributed by atoms with Crippen molar-refractivity contribution in [3.05, 3.63) is 35.6 Å². The number of aliphatic hydroxyl groups excluding tert-OH is 1. The summed E-state index contributed by atoms with van der Waals surface area (Å²) in [4.78, 5) is 10.8. The van der Waals surface area contributed by atoms with Crippen molar-refractivity contribution in [2.24, 2.45) is 0 Å². The average Bonchev–Trinajstić information content (AvgIpc) is 2.19. The number of hydrogen-bond donors (Lipinski definition) is 4. The van der Waals surface area contributed by atoms with Gasteiger partial charge in [-0.3, -0.25) is 0 Å². The number of rotatable bonds is 3. The highest BCUT2D eigenvalue weighted by Gasteiger charge is 2.13. The molecule has 0 heterocycles. The van der Waals surface area contributed by atoms with Gasteiger partial charge >= 0.3 is 5.97 Å². The van der Waals surface area contributed by atoms with Crippen LogP contribution in [-0.4, -0.2) is 26.4 Å². The Morgan fingerprint density at radius 1 is 1.27 bits per heavy atom. The lowest BCUT2D eigenvalue weighted by molar-refractivity contribution is 0.0695. The first-order valence-electron chi connectivity index (χ1n) is 4.13. The van der Waals surface area contributed by atoms with E-state index in [2.05, 4.69) is 0 Å². The molecule has 15 heavy (non-hydrogen) atoms. The molecule has 80 valence electrons. The van der Waals surface area contributed by atoms with Crippen molar-refractivity contribution < 1.29 is 25.2 Å². The van der Waals surface area contributed by atoms with Crippen LogP contribution in [0.2, 0.25) is 0 Å². The van der Waals surface area contributed by atoms with Crippen LogP contribution in [-0.2, 0) is 6.42 Å². The highest BCUT2D eigenvalue weighted by atomic mass is 16.4. The molecule has 0 bridgehead atoms. The van der Waals surface area contributed by atoms with Gasteiger partial charge < -0.3 is 20.4 Å². The van der Waals surface area contributed by atoms with Crippen LogP contribution in [0.15, 0.2) is 24.5 Å². The van der Waals surface area contributed by atoms with Gasteiger partial charge in [-0.25, -0.2) is 4.79 Å². The molecule has 0 spiro atoms. The molecule has 4 N–H and O–H groups in total. The number of phenols is 2. The summed E-state index contributed by atoms with van der Waals surface area (Å²) in [6.45, 7) is 0. The van der Waals surface area contributed by atoms with Gasteiger partial charge in [0, 0.05) is 0 Å². The minimum atomic E-state index is -1.20. The fraction of sp³-hybridized carbons (Fsp3) is 0.100. The molecule has 0 aliphatic rings. The summed E-state index contributed by atoms with van der Waals surface area (Å²) in [7, 11) is 0. The number of carboxylic acids is 1. The first kappa shape index (κ1) is 10.9. The summed E-state index contributed by atoms with van der Waals surface area (Å²) < 4.78 is 0. The third-order valence-electron chi connectivity index (χ3n) is 1.87. The van der Waals surface area contributed by atoms with Crippen molar-refractivity contribution in [3.8, 4) is 11.5 Å². The maximum absolute atomic E-state index is 10.8. The molecule has 1 rings (SSSR count). The Balaban J connectivity index is 3.21. The van der Waals surface area contributed by atoms with E-state index in [-0.39, 0.29) is 17.7 Å². The quantitative estimate of drug-likeness (QED) is 0.446. The number of benzene rings is 1. The second-order valence-electron chi connectivity index (χ2n) is 2.89. The van der Waals surface area contributed by atoms with Crippen LogP contribution in [0.25, 0.3) is 0 Å². The number of carbonyl (C=O) groups is 1. The lowest BCUT2D eigenvalue weighted by Gasteiger charge is -2.05. The van der Waals surface area contributed by atoms with E-state index in [9.17, 15) is 9.90 Å². The summed E-state index contributed by atoms with van der Waals surface area (Å²) in [5.41, 5.74) is 0.200. The van der Waals surface area contributed by atoms with Gasteiger partial charge in [-0.2, -0.15) is 0 Å². The fourth-order valence-electron chi connectivity index (χ4n) is 1.17. The lowest BCUT2D eigenvalue weighted by Crippen LogP contribution is -2.01. The first-order valence-corrected chi connectivity index (χ1v) is 4.13. The van der Waals surface area contributed by atoms with Gasteiger partial charge in [0.05, 0.1) is 11.8 Å². The zero-order valence-electron chi connectivity index (χ0n) is 7.71. The molecule has 0 aliphatic carbocycles. The van der Waals surface area contributed by atoms with Crippen LogP contribution in [0.1, 0.15) is 15.9 Å². The minimum Gasteiger partial charge on any atom is -0.516 e. The molecule has 0 aromatic heterocycles. The van der Waals surface area contributed by atoms with Crippen molar-refractivity contribution in [3.63, 3.8) is 0 Å². The molecular weight excluding hydrogens is 200 g/mol. The molecule has 0 fully saturated rings. The topological polar surface area (TPSA) is 98.0 Å². The monoisotopic (exact) mass is 210 g/mol. The maximum Gasteiger partial charge on any atom is 0.336 e. The Kier molecular flexibility index (Phi) is 3.17. The van der Waals surface area contributed by atoms with E-state index in [0.29, 0.717) is 5.56 Å². The standard InChI is InChI=1S/C10H10O5/c11-3-1-2-6-4-8(12)9(13)5-7(6)10(14)15/h1,3-5,11-13H,2H2,(H,14,15). The van der Waals surface area contributed by atoms with E-state index in [0.717, 1.165) is 18.4 Å². The average molecular weight is 210 g/mol. The first-order chi connectivity index (χ1) is 7.06. The van der Waals surface area contributed by atoms with Crippen molar-refractivity contribution in [1.82, 2.24) is 0 Å². The van der Waals surface area contributed by atoms with Crippen LogP contribution in [0.4, 0.5) is 0 Å². The third kappa shape index (κ3) is 2.40. The Morgan fingerprint density at radius 2 is 1.87 bits per heavy atom. The number of allylic oxidation sites excluding steroid dienone is 1. The summed E-state index contributed by atoms with van der Waals surface area (Å²) in [6.07, 6.45) is 2.28. The zero-order valence-corrected chi connectivity index (χ0v) is 7.71. The van der Waals surface area contributed by atoms with E-state index >= 15 is 0 Å². The highest BCUT2D eigenvalue weighted by molar-refractivity contribution is 5.90. The molecule has 0 atom stereocenters. The number of aliphatic hydroxyl groups is 1. The summed E-state index contributed by atoms with van der Waals surface area (Å²) in [6, 6.07) is 2.12. The van der Waals surface area contributed by atoms with Gasteiger partial charge in [0.2, 0.25) is 0 Å². The molecule has 1 aromatic carbocycles. The van der Waals surface area contributed by atoms with Crippen molar-refractivity contribution in [2.45, 2.75) is 6.42 Å². The lowest BCUT2D eigenvalue weighted by atomic mass is 10.0. The molecular formula is C10H10O5. The summed E-state index contributed by atoms with van der Waals surface area (Å²) in [5.74, 6) is -2.07. The van der Waals surface area contributed by atoms with Crippen LogP contribution in [0, 0.1) is 0 Å². The predicted molar refractivity (Wildman–Crippen MR) is 52.2 cm³/mol. The Hall–Kier alpha value is -2.17. The second-order valence-corrected chi connectivity index (χ2v) is 2.89. The Bertz CT molecular complexity index is 409. The molecule has 0 saturated heterocycles. The number of carboxylic acid groups (broad SMARTS) is 1. The fourth-order valence-corrected chi connectivity index (χ4v) is 1.17. The molecule has 5 heteroatoms.